The van der Waals surface area contributed by atoms with Gasteiger partial charge in [0.2, 0.25) is 0 Å². The predicted molar refractivity (Wildman–Crippen MR) is 70.4 cm³/mol. The fourth-order valence-corrected chi connectivity index (χ4v) is 2.31. The third-order valence-corrected chi connectivity index (χ3v) is 3.22. The second-order valence-electron chi connectivity index (χ2n) is 3.31. The summed E-state index contributed by atoms with van der Waals surface area (Å²) in [6, 6.07) is 5.11. The number of aromatic carboxylic acids is 1. The van der Waals surface area contributed by atoms with Crippen molar-refractivity contribution in [2.24, 2.45) is 0 Å². The van der Waals surface area contributed by atoms with Gasteiger partial charge >= 0.3 is 5.97 Å². The van der Waals surface area contributed by atoms with Crippen molar-refractivity contribution in [2.75, 3.05) is 12.4 Å². The number of thiazole rings is 1. The van der Waals surface area contributed by atoms with E-state index >= 15 is 0 Å². The van der Waals surface area contributed by atoms with Crippen molar-refractivity contribution >= 4 is 39.6 Å². The van der Waals surface area contributed by atoms with E-state index in [4.69, 9.17) is 21.4 Å². The number of carboxylic acids is 1. The lowest BCUT2D eigenvalue weighted by atomic mass is 10.3. The molecule has 94 valence electrons. The molecule has 0 spiro atoms. The third-order valence-electron chi connectivity index (χ3n) is 2.18. The maximum absolute atomic E-state index is 10.9. The number of carboxylic acid groups (broad SMARTS) is 1. The lowest BCUT2D eigenvalue weighted by Crippen LogP contribution is -2.01. The van der Waals surface area contributed by atoms with Crippen molar-refractivity contribution in [3.05, 3.63) is 34.4 Å². The first-order valence-corrected chi connectivity index (χ1v) is 6.15. The normalized spacial score (nSPS) is 10.1. The zero-order valence-electron chi connectivity index (χ0n) is 9.31. The average molecular weight is 285 g/mol. The van der Waals surface area contributed by atoms with Crippen LogP contribution in [0.4, 0.5) is 10.7 Å². The highest BCUT2D eigenvalue weighted by Crippen LogP contribution is 2.30. The Hall–Kier alpha value is -1.79. The largest absolute Gasteiger partial charge is 0.495 e. The molecule has 1 heterocycles. The van der Waals surface area contributed by atoms with Crippen LogP contribution < -0.4 is 10.1 Å². The van der Waals surface area contributed by atoms with Crippen molar-refractivity contribution in [1.82, 2.24) is 4.98 Å². The molecule has 18 heavy (non-hydrogen) atoms. The molecule has 0 bridgehead atoms. The Balaban J connectivity index is 2.26. The first-order valence-electron chi connectivity index (χ1n) is 4.89. The number of hydrogen-bond acceptors (Lipinski definition) is 5. The second kappa shape index (κ2) is 5.24. The summed E-state index contributed by atoms with van der Waals surface area (Å²) < 4.78 is 5.03. The molecule has 1 aromatic carbocycles. The molecule has 0 radical (unpaired) electrons. The van der Waals surface area contributed by atoms with E-state index in [1.54, 1.807) is 18.2 Å². The minimum atomic E-state index is -1.07. The van der Waals surface area contributed by atoms with Crippen LogP contribution in [0, 0.1) is 0 Å². The number of aromatic nitrogens is 1. The SMILES string of the molecule is COc1ccc(Nc2scnc2C(=O)O)cc1Cl. The number of halogens is 1. The van der Waals surface area contributed by atoms with E-state index in [9.17, 15) is 4.79 Å². The Morgan fingerprint density at radius 3 is 2.94 bits per heavy atom. The molecular weight excluding hydrogens is 276 g/mol. The molecular formula is C11H9ClN2O3S. The van der Waals surface area contributed by atoms with Crippen molar-refractivity contribution in [2.45, 2.75) is 0 Å². The molecule has 0 saturated heterocycles. The van der Waals surface area contributed by atoms with E-state index in [-0.39, 0.29) is 5.69 Å². The summed E-state index contributed by atoms with van der Waals surface area (Å²) in [6.07, 6.45) is 0. The van der Waals surface area contributed by atoms with E-state index in [0.29, 0.717) is 21.5 Å². The molecule has 2 N–H and O–H groups in total. The van der Waals surface area contributed by atoms with Gasteiger partial charge in [0.15, 0.2) is 5.69 Å². The van der Waals surface area contributed by atoms with Gasteiger partial charge in [0.25, 0.3) is 0 Å². The molecule has 0 aliphatic heterocycles. The lowest BCUT2D eigenvalue weighted by Gasteiger charge is -2.07. The molecule has 1 aromatic heterocycles. The van der Waals surface area contributed by atoms with Gasteiger partial charge in [0, 0.05) is 5.69 Å². The Kier molecular flexibility index (Phi) is 3.69. The fourth-order valence-electron chi connectivity index (χ4n) is 1.36. The summed E-state index contributed by atoms with van der Waals surface area (Å²) in [7, 11) is 1.53. The van der Waals surface area contributed by atoms with Crippen molar-refractivity contribution in [3.8, 4) is 5.75 Å². The number of methoxy groups -OCH3 is 1. The van der Waals surface area contributed by atoms with E-state index < -0.39 is 5.97 Å². The van der Waals surface area contributed by atoms with E-state index in [1.165, 1.54) is 24.0 Å². The number of rotatable bonds is 4. The number of nitrogens with zero attached hydrogens (tertiary/aromatic N) is 1. The highest BCUT2D eigenvalue weighted by molar-refractivity contribution is 7.14. The molecule has 0 saturated carbocycles. The minimum absolute atomic E-state index is 0.00746. The van der Waals surface area contributed by atoms with E-state index in [1.807, 2.05) is 0 Å². The van der Waals surface area contributed by atoms with Gasteiger partial charge in [-0.2, -0.15) is 0 Å². The van der Waals surface area contributed by atoms with Crippen LogP contribution in [0.3, 0.4) is 0 Å². The van der Waals surface area contributed by atoms with Crippen LogP contribution in [-0.4, -0.2) is 23.2 Å². The number of nitrogens with one attached hydrogen (secondary N) is 1. The minimum Gasteiger partial charge on any atom is -0.495 e. The third kappa shape index (κ3) is 2.55. The Morgan fingerprint density at radius 1 is 1.56 bits per heavy atom. The van der Waals surface area contributed by atoms with Crippen molar-refractivity contribution in [1.29, 1.82) is 0 Å². The standard InChI is InChI=1S/C11H9ClN2O3S/c1-17-8-3-2-6(4-7(8)12)14-10-9(11(15)16)13-5-18-10/h2-5,14H,1H3,(H,15,16). The smallest absolute Gasteiger partial charge is 0.357 e. The van der Waals surface area contributed by atoms with Crippen LogP contribution in [0.1, 0.15) is 10.5 Å². The maximum atomic E-state index is 10.9. The number of ether oxygens (including phenoxy) is 1. The summed E-state index contributed by atoms with van der Waals surface area (Å²) in [6.45, 7) is 0. The van der Waals surface area contributed by atoms with Crippen LogP contribution in [0.2, 0.25) is 5.02 Å². The van der Waals surface area contributed by atoms with E-state index in [0.717, 1.165) is 0 Å². The predicted octanol–water partition coefficient (Wildman–Crippen LogP) is 3.25. The van der Waals surface area contributed by atoms with Gasteiger partial charge in [-0.1, -0.05) is 11.6 Å². The Labute approximate surface area is 112 Å². The van der Waals surface area contributed by atoms with Crippen LogP contribution in [0.25, 0.3) is 0 Å². The first kappa shape index (κ1) is 12.7. The monoisotopic (exact) mass is 284 g/mol. The number of hydrogen-bond donors (Lipinski definition) is 2. The maximum Gasteiger partial charge on any atom is 0.357 e. The number of carbonyl (C=O) groups is 1. The molecule has 0 fully saturated rings. The quantitative estimate of drug-likeness (QED) is 0.902. The van der Waals surface area contributed by atoms with Crippen LogP contribution in [0.5, 0.6) is 5.75 Å². The van der Waals surface area contributed by atoms with Gasteiger partial charge in [0.05, 0.1) is 17.6 Å². The molecule has 2 rings (SSSR count). The molecule has 2 aromatic rings. The van der Waals surface area contributed by atoms with Gasteiger partial charge in [-0.05, 0) is 18.2 Å². The summed E-state index contributed by atoms with van der Waals surface area (Å²) in [5.74, 6) is -0.511. The lowest BCUT2D eigenvalue weighted by molar-refractivity contribution is 0.0692. The Bertz CT molecular complexity index is 585. The van der Waals surface area contributed by atoms with Crippen molar-refractivity contribution < 1.29 is 14.6 Å². The fraction of sp³-hybridized carbons (Fsp3) is 0.0909. The molecule has 5 nitrogen and oxygen atoms in total. The molecule has 0 amide bonds. The summed E-state index contributed by atoms with van der Waals surface area (Å²) in [5, 5.41) is 12.8. The van der Waals surface area contributed by atoms with Crippen LogP contribution in [-0.2, 0) is 0 Å². The highest BCUT2D eigenvalue weighted by Gasteiger charge is 2.13. The molecule has 0 unspecified atom stereocenters. The zero-order chi connectivity index (χ0) is 13.1. The van der Waals surface area contributed by atoms with Gasteiger partial charge in [-0.3, -0.25) is 0 Å². The summed E-state index contributed by atoms with van der Waals surface area (Å²) in [4.78, 5) is 14.7. The highest BCUT2D eigenvalue weighted by atomic mass is 35.5. The zero-order valence-corrected chi connectivity index (χ0v) is 10.9. The number of anilines is 2. The van der Waals surface area contributed by atoms with Crippen LogP contribution >= 0.6 is 22.9 Å². The molecule has 7 heteroatoms. The number of benzene rings is 1. The van der Waals surface area contributed by atoms with Crippen LogP contribution in [0.15, 0.2) is 23.7 Å². The van der Waals surface area contributed by atoms with Crippen molar-refractivity contribution in [3.63, 3.8) is 0 Å². The van der Waals surface area contributed by atoms with E-state index in [2.05, 4.69) is 10.3 Å². The summed E-state index contributed by atoms with van der Waals surface area (Å²) >= 11 is 7.19. The topological polar surface area (TPSA) is 71.5 Å². The second-order valence-corrected chi connectivity index (χ2v) is 4.57. The molecule has 0 aliphatic rings. The van der Waals surface area contributed by atoms with Gasteiger partial charge in [-0.25, -0.2) is 9.78 Å². The van der Waals surface area contributed by atoms with Gasteiger partial charge in [0.1, 0.15) is 10.8 Å². The molecule has 0 aliphatic carbocycles. The molecule has 0 atom stereocenters. The summed E-state index contributed by atoms with van der Waals surface area (Å²) in [5.41, 5.74) is 2.14. The van der Waals surface area contributed by atoms with Gasteiger partial charge in [-0.15, -0.1) is 11.3 Å². The van der Waals surface area contributed by atoms with Gasteiger partial charge < -0.3 is 15.2 Å². The Morgan fingerprint density at radius 2 is 2.33 bits per heavy atom. The average Bonchev–Trinajstić information content (AvgIpc) is 2.77. The first-order chi connectivity index (χ1) is 8.61.